The number of benzene rings is 1. The molecular weight excluding hydrogens is 300 g/mol. The average Bonchev–Trinajstić information content (AvgIpc) is 3.26. The van der Waals surface area contributed by atoms with Crippen molar-refractivity contribution in [3.63, 3.8) is 0 Å². The molecule has 1 saturated carbocycles. The second-order valence-electron chi connectivity index (χ2n) is 6.29. The van der Waals surface area contributed by atoms with Gasteiger partial charge in [0.25, 0.3) is 0 Å². The molecule has 0 radical (unpaired) electrons. The van der Waals surface area contributed by atoms with Crippen LogP contribution in [0.25, 0.3) is 11.0 Å². The molecule has 1 amide bonds. The van der Waals surface area contributed by atoms with Gasteiger partial charge in [-0.15, -0.1) is 12.4 Å². The Morgan fingerprint density at radius 1 is 1.45 bits per heavy atom. The summed E-state index contributed by atoms with van der Waals surface area (Å²) in [6.45, 7) is 4.38. The Labute approximate surface area is 136 Å². The number of nitrogens with one attached hydrogen (secondary N) is 1. The van der Waals surface area contributed by atoms with E-state index in [9.17, 15) is 4.79 Å². The van der Waals surface area contributed by atoms with Gasteiger partial charge in [0.05, 0.1) is 11.5 Å². The highest BCUT2D eigenvalue weighted by Gasteiger charge is 2.42. The van der Waals surface area contributed by atoms with Gasteiger partial charge in [-0.25, -0.2) is 0 Å². The van der Waals surface area contributed by atoms with Crippen molar-refractivity contribution < 1.29 is 9.21 Å². The maximum atomic E-state index is 12.5. The van der Waals surface area contributed by atoms with E-state index in [0.29, 0.717) is 18.2 Å². The highest BCUT2D eigenvalue weighted by Crippen LogP contribution is 2.39. The molecule has 1 aromatic heterocycles. The topological polar surface area (TPSA) is 68.3 Å². The largest absolute Gasteiger partial charge is 0.460 e. The summed E-state index contributed by atoms with van der Waals surface area (Å²) in [5, 5.41) is 4.15. The number of hydrogen-bond donors (Lipinski definition) is 2. The second-order valence-corrected chi connectivity index (χ2v) is 6.29. The number of halogens is 1. The van der Waals surface area contributed by atoms with Crippen molar-refractivity contribution in [1.29, 1.82) is 0 Å². The number of hydrogen-bond acceptors (Lipinski definition) is 3. The highest BCUT2D eigenvalue weighted by molar-refractivity contribution is 5.86. The first kappa shape index (κ1) is 16.8. The van der Waals surface area contributed by atoms with Crippen LogP contribution in [0.5, 0.6) is 0 Å². The molecule has 120 valence electrons. The number of carbonyl (C=O) groups excluding carboxylic acids is 1. The molecule has 22 heavy (non-hydrogen) atoms. The van der Waals surface area contributed by atoms with E-state index in [1.54, 1.807) is 0 Å². The summed E-state index contributed by atoms with van der Waals surface area (Å²) in [7, 11) is 0. The number of furan rings is 1. The Hall–Kier alpha value is -1.52. The van der Waals surface area contributed by atoms with E-state index in [4.69, 9.17) is 10.2 Å². The third-order valence-electron chi connectivity index (χ3n) is 4.58. The van der Waals surface area contributed by atoms with Crippen molar-refractivity contribution in [2.75, 3.05) is 6.54 Å². The first-order valence-corrected chi connectivity index (χ1v) is 7.54. The number of fused-ring (bicyclic) bond motifs is 1. The van der Waals surface area contributed by atoms with Gasteiger partial charge in [0.15, 0.2) is 0 Å². The molecule has 1 aliphatic carbocycles. The molecule has 0 bridgehead atoms. The molecule has 0 spiro atoms. The van der Waals surface area contributed by atoms with Crippen molar-refractivity contribution in [2.24, 2.45) is 11.7 Å². The Morgan fingerprint density at radius 3 is 2.73 bits per heavy atom. The summed E-state index contributed by atoms with van der Waals surface area (Å²) in [6.07, 6.45) is 2.29. The van der Waals surface area contributed by atoms with Crippen molar-refractivity contribution in [3.8, 4) is 0 Å². The van der Waals surface area contributed by atoms with Gasteiger partial charge in [-0.1, -0.05) is 18.2 Å². The smallest absolute Gasteiger partial charge is 0.230 e. The van der Waals surface area contributed by atoms with E-state index in [0.717, 1.165) is 23.8 Å². The zero-order valence-corrected chi connectivity index (χ0v) is 13.8. The Bertz CT molecular complexity index is 632. The molecule has 1 aromatic carbocycles. The lowest BCUT2D eigenvalue weighted by Gasteiger charge is -2.30. The van der Waals surface area contributed by atoms with Crippen LogP contribution in [0.1, 0.15) is 38.4 Å². The molecule has 3 N–H and O–H groups in total. The molecular formula is C17H23ClN2O2. The molecule has 1 fully saturated rings. The number of amides is 1. The average molecular weight is 323 g/mol. The Balaban J connectivity index is 0.00000176. The molecule has 0 saturated heterocycles. The molecule has 2 unspecified atom stereocenters. The Kier molecular flexibility index (Phi) is 4.83. The van der Waals surface area contributed by atoms with Gasteiger partial charge in [0.1, 0.15) is 11.3 Å². The number of para-hydroxylation sites is 1. The zero-order chi connectivity index (χ0) is 15.0. The molecule has 1 aliphatic rings. The second kappa shape index (κ2) is 6.31. The van der Waals surface area contributed by atoms with Crippen LogP contribution in [0.15, 0.2) is 34.7 Å². The first-order valence-electron chi connectivity index (χ1n) is 7.54. The minimum atomic E-state index is -0.318. The third-order valence-corrected chi connectivity index (χ3v) is 4.58. The van der Waals surface area contributed by atoms with Crippen LogP contribution in [0, 0.1) is 5.92 Å². The standard InChI is InChI=1S/C17H22N2O2.ClH/c1-11(15-9-12-5-3-4-6-14(12)21-15)16(20)19-17(2,10-18)13-7-8-13;/h3-6,9,11,13H,7-8,10,18H2,1-2H3,(H,19,20);1H. The minimum Gasteiger partial charge on any atom is -0.460 e. The monoisotopic (exact) mass is 322 g/mol. The van der Waals surface area contributed by atoms with Gasteiger partial charge >= 0.3 is 0 Å². The van der Waals surface area contributed by atoms with Crippen LogP contribution >= 0.6 is 12.4 Å². The molecule has 2 atom stereocenters. The van der Waals surface area contributed by atoms with Crippen molar-refractivity contribution in [3.05, 3.63) is 36.1 Å². The van der Waals surface area contributed by atoms with Crippen LogP contribution in [0.2, 0.25) is 0 Å². The quantitative estimate of drug-likeness (QED) is 0.888. The summed E-state index contributed by atoms with van der Waals surface area (Å²) in [4.78, 5) is 12.5. The van der Waals surface area contributed by atoms with Crippen molar-refractivity contribution in [2.45, 2.75) is 38.1 Å². The van der Waals surface area contributed by atoms with Crippen molar-refractivity contribution >= 4 is 29.3 Å². The third kappa shape index (κ3) is 3.13. The van der Waals surface area contributed by atoms with E-state index in [-0.39, 0.29) is 29.8 Å². The van der Waals surface area contributed by atoms with E-state index >= 15 is 0 Å². The fourth-order valence-corrected chi connectivity index (χ4v) is 2.77. The fourth-order valence-electron chi connectivity index (χ4n) is 2.77. The Morgan fingerprint density at radius 2 is 2.14 bits per heavy atom. The first-order chi connectivity index (χ1) is 10.0. The van der Waals surface area contributed by atoms with Gasteiger partial charge < -0.3 is 15.5 Å². The van der Waals surface area contributed by atoms with E-state index in [1.165, 1.54) is 0 Å². The lowest BCUT2D eigenvalue weighted by Crippen LogP contribution is -2.54. The van der Waals surface area contributed by atoms with Gasteiger partial charge in [-0.2, -0.15) is 0 Å². The van der Waals surface area contributed by atoms with E-state index in [1.807, 2.05) is 44.2 Å². The zero-order valence-electron chi connectivity index (χ0n) is 13.0. The van der Waals surface area contributed by atoms with Gasteiger partial charge in [0.2, 0.25) is 5.91 Å². The van der Waals surface area contributed by atoms with Crippen LogP contribution in [0.3, 0.4) is 0 Å². The van der Waals surface area contributed by atoms with E-state index in [2.05, 4.69) is 5.32 Å². The van der Waals surface area contributed by atoms with Crippen LogP contribution < -0.4 is 11.1 Å². The number of rotatable bonds is 5. The fraction of sp³-hybridized carbons (Fsp3) is 0.471. The van der Waals surface area contributed by atoms with Crippen molar-refractivity contribution in [1.82, 2.24) is 5.32 Å². The summed E-state index contributed by atoms with van der Waals surface area (Å²) < 4.78 is 5.78. The summed E-state index contributed by atoms with van der Waals surface area (Å²) >= 11 is 0. The molecule has 1 heterocycles. The maximum absolute atomic E-state index is 12.5. The lowest BCUT2D eigenvalue weighted by molar-refractivity contribution is -0.124. The molecule has 3 rings (SSSR count). The van der Waals surface area contributed by atoms with Gasteiger partial charge in [-0.3, -0.25) is 4.79 Å². The summed E-state index contributed by atoms with van der Waals surface area (Å²) in [5.41, 5.74) is 6.38. The maximum Gasteiger partial charge on any atom is 0.230 e. The van der Waals surface area contributed by atoms with Crippen LogP contribution in [0.4, 0.5) is 0 Å². The molecule has 2 aromatic rings. The SMILES string of the molecule is CC(C(=O)NC(C)(CN)C1CC1)c1cc2ccccc2o1.Cl. The van der Waals surface area contributed by atoms with Gasteiger partial charge in [0, 0.05) is 11.9 Å². The lowest BCUT2D eigenvalue weighted by atomic mass is 9.94. The van der Waals surface area contributed by atoms with Gasteiger partial charge in [-0.05, 0) is 44.7 Å². The molecule has 4 nitrogen and oxygen atoms in total. The minimum absolute atomic E-state index is 0. The van der Waals surface area contributed by atoms with Crippen LogP contribution in [-0.4, -0.2) is 18.0 Å². The molecule has 0 aliphatic heterocycles. The summed E-state index contributed by atoms with van der Waals surface area (Å²) in [5.74, 6) is 0.870. The number of carbonyl (C=O) groups is 1. The number of nitrogens with two attached hydrogens (primary N) is 1. The molecule has 5 heteroatoms. The predicted molar refractivity (Wildman–Crippen MR) is 90.2 cm³/mol. The normalized spacial score (nSPS) is 18.3. The van der Waals surface area contributed by atoms with Crippen LogP contribution in [-0.2, 0) is 4.79 Å². The highest BCUT2D eigenvalue weighted by atomic mass is 35.5. The summed E-state index contributed by atoms with van der Waals surface area (Å²) in [6, 6.07) is 9.74. The predicted octanol–water partition coefficient (Wildman–Crippen LogP) is 3.20. The van der Waals surface area contributed by atoms with E-state index < -0.39 is 0 Å².